The van der Waals surface area contributed by atoms with Crippen LogP contribution in [0.1, 0.15) is 0 Å². The zero-order valence-corrected chi connectivity index (χ0v) is 13.5. The van der Waals surface area contributed by atoms with E-state index in [0.717, 1.165) is 0 Å². The number of urea groups is 1. The Morgan fingerprint density at radius 3 is 2.12 bits per heavy atom. The molecule has 7 nitrogen and oxygen atoms in total. The molecule has 126 valence electrons. The van der Waals surface area contributed by atoms with Gasteiger partial charge < -0.3 is 20.1 Å². The average Bonchev–Trinajstić information content (AvgIpc) is 2.65. The fourth-order valence-electron chi connectivity index (χ4n) is 2.00. The number of carbonyl (C=O) groups is 1. The Morgan fingerprint density at radius 1 is 0.840 bits per heavy atom. The van der Waals surface area contributed by atoms with Crippen LogP contribution in [0.3, 0.4) is 0 Å². The van der Waals surface area contributed by atoms with E-state index in [-0.39, 0.29) is 6.01 Å². The average molecular weight is 336 g/mol. The van der Waals surface area contributed by atoms with Crippen LogP contribution in [0, 0.1) is 0 Å². The quantitative estimate of drug-likeness (QED) is 0.737. The molecule has 0 saturated heterocycles. The van der Waals surface area contributed by atoms with Crippen molar-refractivity contribution in [3.8, 4) is 17.5 Å². The molecule has 0 unspecified atom stereocenters. The first-order valence-electron chi connectivity index (χ1n) is 7.50. The second kappa shape index (κ2) is 7.78. The number of hydrogen-bond acceptors (Lipinski definition) is 5. The minimum atomic E-state index is -0.398. The molecule has 1 aromatic heterocycles. The molecule has 1 heterocycles. The summed E-state index contributed by atoms with van der Waals surface area (Å²) in [5, 5.41) is 5.35. The number of ether oxygens (including phenoxy) is 2. The number of amides is 2. The molecule has 2 aromatic carbocycles. The molecule has 0 radical (unpaired) electrons. The topological polar surface area (TPSA) is 85.4 Å². The number of para-hydroxylation sites is 1. The molecule has 0 fully saturated rings. The van der Waals surface area contributed by atoms with Gasteiger partial charge in [-0.15, -0.1) is 0 Å². The van der Waals surface area contributed by atoms with Crippen molar-refractivity contribution in [2.45, 2.75) is 0 Å². The van der Waals surface area contributed by atoms with Gasteiger partial charge in [-0.1, -0.05) is 18.2 Å². The number of methoxy groups -OCH3 is 1. The molecular weight excluding hydrogens is 320 g/mol. The van der Waals surface area contributed by atoms with Gasteiger partial charge in [-0.05, 0) is 36.4 Å². The highest BCUT2D eigenvalue weighted by Gasteiger charge is 2.05. The van der Waals surface area contributed by atoms with Gasteiger partial charge in [-0.25, -0.2) is 14.8 Å². The molecule has 2 N–H and O–H groups in total. The summed E-state index contributed by atoms with van der Waals surface area (Å²) in [4.78, 5) is 20.1. The van der Waals surface area contributed by atoms with Gasteiger partial charge in [0.1, 0.15) is 11.5 Å². The Kier molecular flexibility index (Phi) is 5.06. The number of nitrogens with zero attached hydrogens (tertiary/aromatic N) is 2. The second-order valence-corrected chi connectivity index (χ2v) is 4.98. The first-order chi connectivity index (χ1) is 12.2. The third-order valence-corrected chi connectivity index (χ3v) is 3.19. The van der Waals surface area contributed by atoms with Crippen LogP contribution in [0.15, 0.2) is 67.0 Å². The summed E-state index contributed by atoms with van der Waals surface area (Å²) < 4.78 is 10.6. The van der Waals surface area contributed by atoms with E-state index < -0.39 is 6.03 Å². The van der Waals surface area contributed by atoms with Crippen molar-refractivity contribution < 1.29 is 14.3 Å². The Labute approximate surface area is 144 Å². The van der Waals surface area contributed by atoms with Gasteiger partial charge >= 0.3 is 12.0 Å². The minimum Gasteiger partial charge on any atom is -0.497 e. The molecule has 0 bridgehead atoms. The van der Waals surface area contributed by atoms with Crippen LogP contribution in [0.4, 0.5) is 16.2 Å². The maximum absolute atomic E-state index is 12.0. The van der Waals surface area contributed by atoms with Crippen LogP contribution in [0.25, 0.3) is 0 Å². The monoisotopic (exact) mass is 336 g/mol. The van der Waals surface area contributed by atoms with Gasteiger partial charge in [0, 0.05) is 5.69 Å². The summed E-state index contributed by atoms with van der Waals surface area (Å²) in [6, 6.07) is 16.0. The molecule has 2 amide bonds. The number of hydrogen-bond donors (Lipinski definition) is 2. The zero-order valence-electron chi connectivity index (χ0n) is 13.5. The fourth-order valence-corrected chi connectivity index (χ4v) is 2.00. The van der Waals surface area contributed by atoms with Crippen molar-refractivity contribution in [1.82, 2.24) is 9.97 Å². The summed E-state index contributed by atoms with van der Waals surface area (Å²) in [5.41, 5.74) is 1.09. The lowest BCUT2D eigenvalue weighted by Crippen LogP contribution is -2.19. The highest BCUT2D eigenvalue weighted by molar-refractivity contribution is 5.99. The third-order valence-electron chi connectivity index (χ3n) is 3.19. The van der Waals surface area contributed by atoms with E-state index in [0.29, 0.717) is 22.9 Å². The highest BCUT2D eigenvalue weighted by Crippen LogP contribution is 2.18. The van der Waals surface area contributed by atoms with Crippen molar-refractivity contribution >= 4 is 17.4 Å². The van der Waals surface area contributed by atoms with Gasteiger partial charge in [-0.3, -0.25) is 0 Å². The van der Waals surface area contributed by atoms with Crippen molar-refractivity contribution in [1.29, 1.82) is 0 Å². The van der Waals surface area contributed by atoms with Crippen LogP contribution >= 0.6 is 0 Å². The number of anilines is 2. The first-order valence-corrected chi connectivity index (χ1v) is 7.50. The molecule has 3 aromatic rings. The maximum atomic E-state index is 12.0. The number of rotatable bonds is 5. The SMILES string of the molecule is COc1ccc(NC(=O)Nc2cnc(Oc3ccccc3)nc2)cc1. The third kappa shape index (κ3) is 4.68. The molecule has 0 atom stereocenters. The molecule has 3 rings (SSSR count). The molecule has 25 heavy (non-hydrogen) atoms. The summed E-state index contributed by atoms with van der Waals surface area (Å²) in [5.74, 6) is 1.36. The Morgan fingerprint density at radius 2 is 1.48 bits per heavy atom. The molecular formula is C18H16N4O3. The number of aromatic nitrogens is 2. The smallest absolute Gasteiger partial charge is 0.323 e. The lowest BCUT2D eigenvalue weighted by molar-refractivity contribution is 0.262. The summed E-state index contributed by atoms with van der Waals surface area (Å²) in [6.07, 6.45) is 2.94. The van der Waals surface area contributed by atoms with E-state index in [1.165, 1.54) is 12.4 Å². The number of nitrogens with one attached hydrogen (secondary N) is 2. The highest BCUT2D eigenvalue weighted by atomic mass is 16.5. The normalized spacial score (nSPS) is 9.96. The van der Waals surface area contributed by atoms with Crippen molar-refractivity contribution in [2.24, 2.45) is 0 Å². The van der Waals surface area contributed by atoms with Gasteiger partial charge in [-0.2, -0.15) is 0 Å². The van der Waals surface area contributed by atoms with Crippen LogP contribution in [-0.4, -0.2) is 23.1 Å². The molecule has 0 aliphatic rings. The molecule has 0 aliphatic heterocycles. The van der Waals surface area contributed by atoms with E-state index in [2.05, 4.69) is 20.6 Å². The Hall–Kier alpha value is -3.61. The van der Waals surface area contributed by atoms with Crippen molar-refractivity contribution in [3.05, 3.63) is 67.0 Å². The zero-order chi connectivity index (χ0) is 17.5. The largest absolute Gasteiger partial charge is 0.497 e. The number of carbonyl (C=O) groups excluding carboxylic acids is 1. The molecule has 0 saturated carbocycles. The standard InChI is InChI=1S/C18H16N4O3/c1-24-15-9-7-13(8-10-15)21-17(23)22-14-11-19-18(20-12-14)25-16-5-3-2-4-6-16/h2-12H,1H3,(H2,21,22,23). The van der Waals surface area contributed by atoms with E-state index in [1.54, 1.807) is 43.5 Å². The van der Waals surface area contributed by atoms with Crippen LogP contribution in [0.2, 0.25) is 0 Å². The van der Waals surface area contributed by atoms with E-state index in [4.69, 9.17) is 9.47 Å². The van der Waals surface area contributed by atoms with E-state index in [9.17, 15) is 4.79 Å². The summed E-state index contributed by atoms with van der Waals surface area (Å²) in [7, 11) is 1.58. The van der Waals surface area contributed by atoms with Crippen LogP contribution in [-0.2, 0) is 0 Å². The number of benzene rings is 2. The summed E-state index contributed by atoms with van der Waals surface area (Å²) >= 11 is 0. The van der Waals surface area contributed by atoms with Crippen molar-refractivity contribution in [3.63, 3.8) is 0 Å². The predicted molar refractivity (Wildman–Crippen MR) is 94.2 cm³/mol. The predicted octanol–water partition coefficient (Wildman–Crippen LogP) is 3.92. The Bertz CT molecular complexity index is 821. The van der Waals surface area contributed by atoms with Gasteiger partial charge in [0.05, 0.1) is 25.2 Å². The molecule has 0 aliphatic carbocycles. The van der Waals surface area contributed by atoms with E-state index >= 15 is 0 Å². The van der Waals surface area contributed by atoms with Crippen molar-refractivity contribution in [2.75, 3.05) is 17.7 Å². The van der Waals surface area contributed by atoms with Gasteiger partial charge in [0.2, 0.25) is 0 Å². The van der Waals surface area contributed by atoms with Crippen LogP contribution < -0.4 is 20.1 Å². The van der Waals surface area contributed by atoms with Crippen LogP contribution in [0.5, 0.6) is 17.5 Å². The fraction of sp³-hybridized carbons (Fsp3) is 0.0556. The molecule has 0 spiro atoms. The maximum Gasteiger partial charge on any atom is 0.323 e. The van der Waals surface area contributed by atoms with Gasteiger partial charge in [0.25, 0.3) is 0 Å². The minimum absolute atomic E-state index is 0.201. The van der Waals surface area contributed by atoms with Gasteiger partial charge in [0.15, 0.2) is 0 Å². The lowest BCUT2D eigenvalue weighted by atomic mass is 10.3. The lowest BCUT2D eigenvalue weighted by Gasteiger charge is -2.08. The summed E-state index contributed by atoms with van der Waals surface area (Å²) in [6.45, 7) is 0. The first kappa shape index (κ1) is 16.3. The van der Waals surface area contributed by atoms with E-state index in [1.807, 2.05) is 18.2 Å². The molecule has 7 heteroatoms. The second-order valence-electron chi connectivity index (χ2n) is 4.98. The Balaban J connectivity index is 1.56.